The molecule has 4 aliphatic rings. The van der Waals surface area contributed by atoms with Gasteiger partial charge in [0.05, 0.1) is 24.1 Å². The number of benzene rings is 2. The average Bonchev–Trinajstić information content (AvgIpc) is 3.62. The number of hydrogen-bond donors (Lipinski definition) is 3. The first kappa shape index (κ1) is 31.1. The van der Waals surface area contributed by atoms with Crippen LogP contribution in [0, 0.1) is 0 Å². The van der Waals surface area contributed by atoms with Crippen LogP contribution in [0.4, 0.5) is 11.5 Å². The lowest BCUT2D eigenvalue weighted by Gasteiger charge is -2.41. The van der Waals surface area contributed by atoms with Crippen LogP contribution >= 0.6 is 0 Å². The molecule has 0 radical (unpaired) electrons. The number of aromatic nitrogens is 4. The Morgan fingerprint density at radius 2 is 1.80 bits per heavy atom. The molecule has 2 fully saturated rings. The standard InChI is InChI=1S/C37H40N8O4/c38-36-29(20-30(41-42-36)28-4-1-2-7-33(28)46)24-21-39-45(22-24)26-14-16-43(17-15-26)25-10-8-23(9-11-25)27-5-3-6-31-35(27)49-19-18-44(31)32-12-13-34(47)40-37(32)48/h1-7,14,20-23,25,32,46H,8-13,15-19H2,(H2,38,42)(H,40,47,48)/t23?,25?,32-/m1/s1. The van der Waals surface area contributed by atoms with Crippen molar-refractivity contribution in [1.82, 2.24) is 30.2 Å². The summed E-state index contributed by atoms with van der Waals surface area (Å²) < 4.78 is 8.19. The topological polar surface area (TPSA) is 152 Å². The number of phenols is 1. The number of imide groups is 1. The molecule has 1 atom stereocenters. The average molecular weight is 661 g/mol. The van der Waals surface area contributed by atoms with Gasteiger partial charge in [-0.25, -0.2) is 4.68 Å². The predicted molar refractivity (Wildman–Crippen MR) is 186 cm³/mol. The summed E-state index contributed by atoms with van der Waals surface area (Å²) in [5.41, 5.74) is 12.3. The van der Waals surface area contributed by atoms with Crippen LogP contribution in [0.1, 0.15) is 56.4 Å². The molecule has 0 unspecified atom stereocenters. The summed E-state index contributed by atoms with van der Waals surface area (Å²) in [7, 11) is 0. The van der Waals surface area contributed by atoms with E-state index in [1.807, 2.05) is 29.1 Å². The Morgan fingerprint density at radius 3 is 2.59 bits per heavy atom. The lowest BCUT2D eigenvalue weighted by atomic mass is 9.80. The number of phenolic OH excluding ortho intramolecular Hbond substituents is 1. The van der Waals surface area contributed by atoms with Crippen molar-refractivity contribution in [2.24, 2.45) is 0 Å². The summed E-state index contributed by atoms with van der Waals surface area (Å²) >= 11 is 0. The second-order valence-electron chi connectivity index (χ2n) is 13.4. The number of piperidine rings is 1. The van der Waals surface area contributed by atoms with Gasteiger partial charge in [-0.05, 0) is 73.9 Å². The Balaban J connectivity index is 0.910. The van der Waals surface area contributed by atoms with Crippen molar-refractivity contribution in [3.05, 3.63) is 72.6 Å². The zero-order valence-corrected chi connectivity index (χ0v) is 27.3. The van der Waals surface area contributed by atoms with E-state index in [9.17, 15) is 14.7 Å². The Hall–Kier alpha value is -5.23. The highest BCUT2D eigenvalue weighted by Gasteiger charge is 2.37. The van der Waals surface area contributed by atoms with Gasteiger partial charge in [-0.1, -0.05) is 24.3 Å². The number of nitrogens with two attached hydrogens (primary N) is 1. The Morgan fingerprint density at radius 1 is 0.939 bits per heavy atom. The molecule has 1 aliphatic carbocycles. The summed E-state index contributed by atoms with van der Waals surface area (Å²) in [6.07, 6.45) is 12.3. The smallest absolute Gasteiger partial charge is 0.249 e. The zero-order valence-electron chi connectivity index (χ0n) is 27.3. The monoisotopic (exact) mass is 660 g/mol. The maximum absolute atomic E-state index is 12.7. The maximum Gasteiger partial charge on any atom is 0.249 e. The fourth-order valence-corrected chi connectivity index (χ4v) is 7.96. The van der Waals surface area contributed by atoms with Crippen LogP contribution < -0.4 is 20.7 Å². The van der Waals surface area contributed by atoms with Crippen LogP contribution in [-0.2, 0) is 9.59 Å². The number of hydrogen-bond acceptors (Lipinski definition) is 10. The number of fused-ring (bicyclic) bond motifs is 1. The van der Waals surface area contributed by atoms with E-state index in [-0.39, 0.29) is 23.6 Å². The molecular formula is C37H40N8O4. The molecule has 2 aromatic carbocycles. The molecule has 0 spiro atoms. The Kier molecular flexibility index (Phi) is 8.24. The molecule has 0 bridgehead atoms. The van der Waals surface area contributed by atoms with E-state index in [0.717, 1.165) is 73.5 Å². The fraction of sp³-hybridized carbons (Fsp3) is 0.378. The normalized spacial score (nSPS) is 23.0. The lowest BCUT2D eigenvalue weighted by Crippen LogP contribution is -2.54. The van der Waals surface area contributed by atoms with Gasteiger partial charge in [0.15, 0.2) is 5.82 Å². The molecular weight excluding hydrogens is 620 g/mol. The zero-order chi connectivity index (χ0) is 33.5. The molecule has 8 rings (SSSR count). The minimum Gasteiger partial charge on any atom is -0.507 e. The second kappa shape index (κ2) is 13.0. The van der Waals surface area contributed by atoms with Crippen molar-refractivity contribution < 1.29 is 19.4 Å². The quantitative estimate of drug-likeness (QED) is 0.251. The van der Waals surface area contributed by atoms with Gasteiger partial charge in [-0.3, -0.25) is 19.8 Å². The first-order chi connectivity index (χ1) is 23.9. The van der Waals surface area contributed by atoms with E-state index in [4.69, 9.17) is 10.5 Å². The molecule has 5 heterocycles. The van der Waals surface area contributed by atoms with E-state index in [1.54, 1.807) is 24.4 Å². The van der Waals surface area contributed by atoms with E-state index < -0.39 is 0 Å². The van der Waals surface area contributed by atoms with E-state index >= 15 is 0 Å². The highest BCUT2D eigenvalue weighted by Crippen LogP contribution is 2.45. The summed E-state index contributed by atoms with van der Waals surface area (Å²) in [4.78, 5) is 29.2. The molecule has 2 aromatic heterocycles. The predicted octanol–water partition coefficient (Wildman–Crippen LogP) is 4.57. The van der Waals surface area contributed by atoms with Crippen LogP contribution in [0.15, 0.2) is 67.0 Å². The molecule has 4 aromatic rings. The molecule has 2 amide bonds. The van der Waals surface area contributed by atoms with Gasteiger partial charge in [0.2, 0.25) is 11.8 Å². The van der Waals surface area contributed by atoms with Crippen molar-refractivity contribution in [2.75, 3.05) is 36.9 Å². The van der Waals surface area contributed by atoms with Crippen LogP contribution in [-0.4, -0.2) is 80.1 Å². The number of para-hydroxylation sites is 2. The SMILES string of the molecule is Nc1nnc(-c2ccccc2O)cc1-c1cnn(C2=CCN(C3CCC(c4cccc5c4OCCN5[C@@H]4CCC(=O)NC4=O)CC3)CC2)c1. The van der Waals surface area contributed by atoms with E-state index in [1.165, 1.54) is 5.56 Å². The number of aromatic hydroxyl groups is 1. The minimum absolute atomic E-state index is 0.139. The molecule has 4 N–H and O–H groups in total. The lowest BCUT2D eigenvalue weighted by molar-refractivity contribution is -0.134. The van der Waals surface area contributed by atoms with Crippen LogP contribution in [0.25, 0.3) is 28.1 Å². The number of anilines is 2. The third-order valence-electron chi connectivity index (χ3n) is 10.6. The van der Waals surface area contributed by atoms with Crippen molar-refractivity contribution in [3.63, 3.8) is 0 Å². The third kappa shape index (κ3) is 6.01. The number of nitrogens with one attached hydrogen (secondary N) is 1. The van der Waals surface area contributed by atoms with Crippen LogP contribution in [0.5, 0.6) is 11.5 Å². The van der Waals surface area contributed by atoms with Crippen LogP contribution in [0.2, 0.25) is 0 Å². The van der Waals surface area contributed by atoms with Crippen molar-refractivity contribution in [2.45, 2.75) is 62.9 Å². The Labute approximate surface area is 284 Å². The first-order valence-corrected chi connectivity index (χ1v) is 17.2. The molecule has 49 heavy (non-hydrogen) atoms. The number of carbonyl (C=O) groups is 2. The van der Waals surface area contributed by atoms with Gasteiger partial charge in [-0.2, -0.15) is 5.10 Å². The molecule has 12 heteroatoms. The summed E-state index contributed by atoms with van der Waals surface area (Å²) in [6, 6.07) is 15.4. The maximum atomic E-state index is 12.7. The molecule has 12 nitrogen and oxygen atoms in total. The van der Waals surface area contributed by atoms with Gasteiger partial charge in [0.25, 0.3) is 0 Å². The molecule has 252 valence electrons. The third-order valence-corrected chi connectivity index (χ3v) is 10.6. The summed E-state index contributed by atoms with van der Waals surface area (Å²) in [6.45, 7) is 3.01. The van der Waals surface area contributed by atoms with E-state index in [2.05, 4.69) is 48.6 Å². The van der Waals surface area contributed by atoms with Crippen molar-refractivity contribution >= 4 is 29.0 Å². The molecule has 1 saturated heterocycles. The van der Waals surface area contributed by atoms with Gasteiger partial charge in [0, 0.05) is 60.6 Å². The number of ether oxygens (including phenoxy) is 1. The Bertz CT molecular complexity index is 1930. The fourth-order valence-electron chi connectivity index (χ4n) is 7.96. The number of amides is 2. The first-order valence-electron chi connectivity index (χ1n) is 17.2. The van der Waals surface area contributed by atoms with E-state index in [0.29, 0.717) is 55.0 Å². The highest BCUT2D eigenvalue weighted by molar-refractivity contribution is 6.02. The van der Waals surface area contributed by atoms with Gasteiger partial charge >= 0.3 is 0 Å². The molecule has 1 saturated carbocycles. The van der Waals surface area contributed by atoms with Crippen molar-refractivity contribution in [3.8, 4) is 33.9 Å². The second-order valence-corrected chi connectivity index (χ2v) is 13.4. The highest BCUT2D eigenvalue weighted by atomic mass is 16.5. The number of carbonyl (C=O) groups excluding carboxylic acids is 2. The van der Waals surface area contributed by atoms with Crippen molar-refractivity contribution in [1.29, 1.82) is 0 Å². The van der Waals surface area contributed by atoms with Crippen LogP contribution in [0.3, 0.4) is 0 Å². The number of nitrogen functional groups attached to an aromatic ring is 1. The minimum atomic E-state index is -0.342. The van der Waals surface area contributed by atoms with Gasteiger partial charge in [-0.15, -0.1) is 10.2 Å². The largest absolute Gasteiger partial charge is 0.507 e. The summed E-state index contributed by atoms with van der Waals surface area (Å²) in [5, 5.41) is 25.8. The summed E-state index contributed by atoms with van der Waals surface area (Å²) in [5.74, 6) is 1.36. The van der Waals surface area contributed by atoms with Gasteiger partial charge < -0.3 is 20.5 Å². The number of rotatable bonds is 6. The molecule has 3 aliphatic heterocycles. The van der Waals surface area contributed by atoms with Gasteiger partial charge in [0.1, 0.15) is 24.1 Å². The number of nitrogens with zero attached hydrogens (tertiary/aromatic N) is 6.